The highest BCUT2D eigenvalue weighted by molar-refractivity contribution is 4.96. The van der Waals surface area contributed by atoms with Gasteiger partial charge < -0.3 is 9.88 Å². The molecule has 0 bridgehead atoms. The van der Waals surface area contributed by atoms with Crippen LogP contribution in [-0.2, 0) is 13.0 Å². The van der Waals surface area contributed by atoms with E-state index in [-0.39, 0.29) is 0 Å². The number of hydrogen-bond acceptors (Lipinski definition) is 2. The first kappa shape index (κ1) is 14.0. The van der Waals surface area contributed by atoms with E-state index in [1.807, 2.05) is 11.5 Å². The van der Waals surface area contributed by atoms with E-state index in [4.69, 9.17) is 0 Å². The number of likely N-dealkylation sites (N-methyl/N-ethyl adjacent to an activating group) is 1. The molecule has 0 saturated heterocycles. The number of halogens is 3. The standard InChI is InChI=1S/C11H18F3N3/c1-3-5-17-6-4-16-10(17)7-9(15-2)8-11(12,13)14/h4,6,9,15H,3,5,7-8H2,1-2H3. The molecule has 1 aromatic heterocycles. The first-order valence-electron chi connectivity index (χ1n) is 5.70. The Morgan fingerprint density at radius 3 is 2.71 bits per heavy atom. The van der Waals surface area contributed by atoms with Gasteiger partial charge in [0.1, 0.15) is 5.82 Å². The van der Waals surface area contributed by atoms with Gasteiger partial charge in [-0.15, -0.1) is 0 Å². The highest BCUT2D eigenvalue weighted by Crippen LogP contribution is 2.22. The van der Waals surface area contributed by atoms with Gasteiger partial charge in [-0.05, 0) is 13.5 Å². The molecule has 3 nitrogen and oxygen atoms in total. The fourth-order valence-electron chi connectivity index (χ4n) is 1.75. The van der Waals surface area contributed by atoms with Crippen molar-refractivity contribution in [3.8, 4) is 0 Å². The minimum Gasteiger partial charge on any atom is -0.335 e. The number of nitrogens with one attached hydrogen (secondary N) is 1. The minimum atomic E-state index is -4.14. The molecule has 1 rings (SSSR count). The summed E-state index contributed by atoms with van der Waals surface area (Å²) in [7, 11) is 1.55. The quantitative estimate of drug-likeness (QED) is 0.838. The molecule has 1 aromatic rings. The Morgan fingerprint density at radius 1 is 1.47 bits per heavy atom. The third kappa shape index (κ3) is 4.77. The van der Waals surface area contributed by atoms with Gasteiger partial charge in [-0.3, -0.25) is 0 Å². The summed E-state index contributed by atoms with van der Waals surface area (Å²) in [5.41, 5.74) is 0. The fourth-order valence-corrected chi connectivity index (χ4v) is 1.75. The first-order chi connectivity index (χ1) is 7.96. The topological polar surface area (TPSA) is 29.9 Å². The van der Waals surface area contributed by atoms with E-state index < -0.39 is 18.6 Å². The molecule has 17 heavy (non-hydrogen) atoms. The molecule has 0 amide bonds. The van der Waals surface area contributed by atoms with Crippen LogP contribution in [0.2, 0.25) is 0 Å². The van der Waals surface area contributed by atoms with E-state index in [1.165, 1.54) is 0 Å². The van der Waals surface area contributed by atoms with Gasteiger partial charge in [-0.2, -0.15) is 13.2 Å². The smallest absolute Gasteiger partial charge is 0.335 e. The summed E-state index contributed by atoms with van der Waals surface area (Å²) in [5.74, 6) is 0.704. The van der Waals surface area contributed by atoms with Gasteiger partial charge in [-0.1, -0.05) is 6.92 Å². The Balaban J connectivity index is 2.63. The second-order valence-electron chi connectivity index (χ2n) is 4.05. The van der Waals surface area contributed by atoms with Crippen molar-refractivity contribution in [2.45, 2.75) is 44.9 Å². The molecule has 0 fully saturated rings. The third-order valence-corrected chi connectivity index (χ3v) is 2.58. The number of aromatic nitrogens is 2. The van der Waals surface area contributed by atoms with Crippen molar-refractivity contribution in [1.82, 2.24) is 14.9 Å². The Labute approximate surface area is 99.0 Å². The SMILES string of the molecule is CCCn1ccnc1CC(CC(F)(F)F)NC. The Kier molecular flexibility index (Phi) is 4.99. The van der Waals surface area contributed by atoms with E-state index in [1.54, 1.807) is 19.4 Å². The molecule has 1 heterocycles. The largest absolute Gasteiger partial charge is 0.390 e. The van der Waals surface area contributed by atoms with E-state index in [9.17, 15) is 13.2 Å². The lowest BCUT2D eigenvalue weighted by Gasteiger charge is -2.18. The Morgan fingerprint density at radius 2 is 2.18 bits per heavy atom. The fraction of sp³-hybridized carbons (Fsp3) is 0.727. The summed E-state index contributed by atoms with van der Waals surface area (Å²) in [6, 6.07) is -0.618. The molecule has 0 radical (unpaired) electrons. The predicted molar refractivity (Wildman–Crippen MR) is 59.7 cm³/mol. The molecule has 0 aromatic carbocycles. The zero-order valence-electron chi connectivity index (χ0n) is 10.1. The molecule has 0 spiro atoms. The molecule has 6 heteroatoms. The minimum absolute atomic E-state index is 0.295. The van der Waals surface area contributed by atoms with Crippen LogP contribution < -0.4 is 5.32 Å². The van der Waals surface area contributed by atoms with Crippen LogP contribution in [-0.4, -0.2) is 28.8 Å². The van der Waals surface area contributed by atoms with Crippen LogP contribution in [0.4, 0.5) is 13.2 Å². The second kappa shape index (κ2) is 6.05. The monoisotopic (exact) mass is 249 g/mol. The lowest BCUT2D eigenvalue weighted by atomic mass is 10.1. The van der Waals surface area contributed by atoms with Crippen molar-refractivity contribution in [3.63, 3.8) is 0 Å². The second-order valence-corrected chi connectivity index (χ2v) is 4.05. The molecule has 0 aliphatic rings. The average Bonchev–Trinajstić information content (AvgIpc) is 2.63. The van der Waals surface area contributed by atoms with Crippen LogP contribution in [0.25, 0.3) is 0 Å². The number of aryl methyl sites for hydroxylation is 1. The number of nitrogens with zero attached hydrogens (tertiary/aromatic N) is 2. The van der Waals surface area contributed by atoms with E-state index in [2.05, 4.69) is 10.3 Å². The zero-order valence-corrected chi connectivity index (χ0v) is 10.1. The van der Waals surface area contributed by atoms with Crippen molar-refractivity contribution in [2.24, 2.45) is 0 Å². The zero-order chi connectivity index (χ0) is 12.9. The maximum Gasteiger partial charge on any atom is 0.390 e. The molecule has 0 aliphatic heterocycles. The molecular weight excluding hydrogens is 231 g/mol. The van der Waals surface area contributed by atoms with Crippen LogP contribution in [0.3, 0.4) is 0 Å². The predicted octanol–water partition coefficient (Wildman–Crippen LogP) is 2.38. The van der Waals surface area contributed by atoms with Gasteiger partial charge in [0.05, 0.1) is 6.42 Å². The van der Waals surface area contributed by atoms with Crippen molar-refractivity contribution in [3.05, 3.63) is 18.2 Å². The van der Waals surface area contributed by atoms with Crippen LogP contribution in [0.1, 0.15) is 25.6 Å². The van der Waals surface area contributed by atoms with Gasteiger partial charge in [0.2, 0.25) is 0 Å². The highest BCUT2D eigenvalue weighted by Gasteiger charge is 2.31. The van der Waals surface area contributed by atoms with Crippen molar-refractivity contribution >= 4 is 0 Å². The lowest BCUT2D eigenvalue weighted by Crippen LogP contribution is -2.33. The summed E-state index contributed by atoms with van der Waals surface area (Å²) >= 11 is 0. The molecule has 98 valence electrons. The first-order valence-corrected chi connectivity index (χ1v) is 5.70. The molecule has 1 N–H and O–H groups in total. The number of hydrogen-bond donors (Lipinski definition) is 1. The van der Waals surface area contributed by atoms with Crippen molar-refractivity contribution in [1.29, 1.82) is 0 Å². The van der Waals surface area contributed by atoms with Crippen molar-refractivity contribution in [2.75, 3.05) is 7.05 Å². The van der Waals surface area contributed by atoms with Gasteiger partial charge in [0, 0.05) is 31.4 Å². The third-order valence-electron chi connectivity index (χ3n) is 2.58. The van der Waals surface area contributed by atoms with Crippen molar-refractivity contribution < 1.29 is 13.2 Å². The normalized spacial score (nSPS) is 13.9. The summed E-state index contributed by atoms with van der Waals surface area (Å²) in [6.07, 6.45) is -0.307. The number of alkyl halides is 3. The van der Waals surface area contributed by atoms with Crippen LogP contribution in [0, 0.1) is 0 Å². The molecule has 0 aliphatic carbocycles. The summed E-state index contributed by atoms with van der Waals surface area (Å²) in [6.45, 7) is 2.81. The van der Waals surface area contributed by atoms with E-state index in [0.29, 0.717) is 12.2 Å². The summed E-state index contributed by atoms with van der Waals surface area (Å²) in [5, 5.41) is 2.69. The van der Waals surface area contributed by atoms with Gasteiger partial charge in [0.15, 0.2) is 0 Å². The van der Waals surface area contributed by atoms with E-state index in [0.717, 1.165) is 13.0 Å². The van der Waals surface area contributed by atoms with E-state index >= 15 is 0 Å². The Hall–Kier alpha value is -1.04. The lowest BCUT2D eigenvalue weighted by molar-refractivity contribution is -0.139. The number of imidazole rings is 1. The number of rotatable bonds is 6. The molecule has 1 unspecified atom stereocenters. The molecular formula is C11H18F3N3. The van der Waals surface area contributed by atoms with Crippen LogP contribution in [0.15, 0.2) is 12.4 Å². The molecule has 0 saturated carbocycles. The van der Waals surface area contributed by atoms with Crippen LogP contribution >= 0.6 is 0 Å². The summed E-state index contributed by atoms with van der Waals surface area (Å²) < 4.78 is 38.8. The Bertz CT molecular complexity index is 333. The van der Waals surface area contributed by atoms with Gasteiger partial charge in [-0.25, -0.2) is 4.98 Å². The average molecular weight is 249 g/mol. The van der Waals surface area contributed by atoms with Crippen LogP contribution in [0.5, 0.6) is 0 Å². The summed E-state index contributed by atoms with van der Waals surface area (Å²) in [4.78, 5) is 4.11. The molecule has 1 atom stereocenters. The van der Waals surface area contributed by atoms with Gasteiger partial charge >= 0.3 is 6.18 Å². The highest BCUT2D eigenvalue weighted by atomic mass is 19.4. The maximum absolute atomic E-state index is 12.3. The van der Waals surface area contributed by atoms with Gasteiger partial charge in [0.25, 0.3) is 0 Å². The maximum atomic E-state index is 12.3.